The third-order valence-electron chi connectivity index (χ3n) is 2.61. The Morgan fingerprint density at radius 2 is 2.33 bits per heavy atom. The summed E-state index contributed by atoms with van der Waals surface area (Å²) in [5, 5.41) is 2.94. The minimum Gasteiger partial charge on any atom is -0.469 e. The average molecular weight is 268 g/mol. The predicted molar refractivity (Wildman–Crippen MR) is 63.6 cm³/mol. The molecule has 0 aliphatic carbocycles. The lowest BCUT2D eigenvalue weighted by Crippen LogP contribution is -2.54. The van der Waals surface area contributed by atoms with Gasteiger partial charge in [0.25, 0.3) is 5.91 Å². The minimum absolute atomic E-state index is 0.0426. The SMILES string of the molecule is COC(=O)C1CC(=O)NN(C(=O)c2cccs2)C1. The van der Waals surface area contributed by atoms with E-state index in [-0.39, 0.29) is 24.8 Å². The van der Waals surface area contributed by atoms with Gasteiger partial charge in [-0.1, -0.05) is 6.07 Å². The van der Waals surface area contributed by atoms with Crippen LogP contribution in [0, 0.1) is 5.92 Å². The largest absolute Gasteiger partial charge is 0.469 e. The fraction of sp³-hybridized carbons (Fsp3) is 0.364. The standard InChI is InChI=1S/C11H12N2O4S/c1-17-11(16)7-5-9(14)12-13(6-7)10(15)8-3-2-4-18-8/h2-4,7H,5-6H2,1H3,(H,12,14). The van der Waals surface area contributed by atoms with Crippen LogP contribution in [0.3, 0.4) is 0 Å². The summed E-state index contributed by atoms with van der Waals surface area (Å²) in [5.74, 6) is -1.75. The predicted octanol–water partition coefficient (Wildman–Crippen LogP) is 0.414. The van der Waals surface area contributed by atoms with Gasteiger partial charge in [0.15, 0.2) is 0 Å². The maximum atomic E-state index is 12.0. The highest BCUT2D eigenvalue weighted by Gasteiger charge is 2.33. The Kier molecular flexibility index (Phi) is 3.61. The van der Waals surface area contributed by atoms with E-state index in [0.717, 1.165) is 0 Å². The smallest absolute Gasteiger partial charge is 0.311 e. The number of carbonyl (C=O) groups is 3. The van der Waals surface area contributed by atoms with Crippen molar-refractivity contribution < 1.29 is 19.1 Å². The van der Waals surface area contributed by atoms with Crippen molar-refractivity contribution in [2.45, 2.75) is 6.42 Å². The Bertz CT molecular complexity index is 471. The summed E-state index contributed by atoms with van der Waals surface area (Å²) in [7, 11) is 1.26. The van der Waals surface area contributed by atoms with Crippen LogP contribution < -0.4 is 5.43 Å². The molecule has 6 nitrogen and oxygen atoms in total. The van der Waals surface area contributed by atoms with Crippen molar-refractivity contribution in [1.82, 2.24) is 10.4 Å². The van der Waals surface area contributed by atoms with E-state index in [4.69, 9.17) is 0 Å². The number of carbonyl (C=O) groups excluding carboxylic acids is 3. The van der Waals surface area contributed by atoms with Crippen LogP contribution in [-0.4, -0.2) is 36.4 Å². The van der Waals surface area contributed by atoms with Crippen LogP contribution in [0.1, 0.15) is 16.1 Å². The zero-order valence-electron chi connectivity index (χ0n) is 9.71. The highest BCUT2D eigenvalue weighted by Crippen LogP contribution is 2.17. The van der Waals surface area contributed by atoms with E-state index in [1.165, 1.54) is 23.5 Å². The van der Waals surface area contributed by atoms with Gasteiger partial charge in [-0.15, -0.1) is 11.3 Å². The number of methoxy groups -OCH3 is 1. The van der Waals surface area contributed by atoms with Crippen LogP contribution in [0.25, 0.3) is 0 Å². The van der Waals surface area contributed by atoms with Gasteiger partial charge in [-0.05, 0) is 11.4 Å². The summed E-state index contributed by atoms with van der Waals surface area (Å²) in [6.45, 7) is 0.134. The van der Waals surface area contributed by atoms with Crippen LogP contribution >= 0.6 is 11.3 Å². The highest BCUT2D eigenvalue weighted by molar-refractivity contribution is 7.12. The molecule has 96 valence electrons. The maximum Gasteiger partial charge on any atom is 0.311 e. The monoisotopic (exact) mass is 268 g/mol. The number of hydrazine groups is 1. The Morgan fingerprint density at radius 1 is 1.56 bits per heavy atom. The number of amides is 2. The van der Waals surface area contributed by atoms with E-state index < -0.39 is 11.9 Å². The number of thiophene rings is 1. The highest BCUT2D eigenvalue weighted by atomic mass is 32.1. The molecule has 0 saturated carbocycles. The van der Waals surface area contributed by atoms with Crippen LogP contribution in [0.4, 0.5) is 0 Å². The van der Waals surface area contributed by atoms with Crippen molar-refractivity contribution in [1.29, 1.82) is 0 Å². The Hall–Kier alpha value is -1.89. The van der Waals surface area contributed by atoms with Gasteiger partial charge in [0.1, 0.15) is 0 Å². The molecule has 1 aliphatic heterocycles. The molecule has 1 aromatic heterocycles. The van der Waals surface area contributed by atoms with Crippen LogP contribution in [0.2, 0.25) is 0 Å². The molecule has 18 heavy (non-hydrogen) atoms. The lowest BCUT2D eigenvalue weighted by Gasteiger charge is -2.30. The van der Waals surface area contributed by atoms with Gasteiger partial charge in [0, 0.05) is 6.42 Å². The number of esters is 1. The van der Waals surface area contributed by atoms with Crippen molar-refractivity contribution in [3.05, 3.63) is 22.4 Å². The topological polar surface area (TPSA) is 75.7 Å². The molecule has 1 saturated heterocycles. The second-order valence-electron chi connectivity index (χ2n) is 3.85. The second-order valence-corrected chi connectivity index (χ2v) is 4.80. The van der Waals surface area contributed by atoms with Gasteiger partial charge in [0.2, 0.25) is 5.91 Å². The van der Waals surface area contributed by atoms with Crippen LogP contribution in [0.15, 0.2) is 17.5 Å². The third-order valence-corrected chi connectivity index (χ3v) is 3.46. The lowest BCUT2D eigenvalue weighted by molar-refractivity contribution is -0.151. The first kappa shape index (κ1) is 12.6. The summed E-state index contributed by atoms with van der Waals surface area (Å²) < 4.78 is 4.60. The molecule has 1 aromatic rings. The quantitative estimate of drug-likeness (QED) is 0.788. The Morgan fingerprint density at radius 3 is 2.94 bits per heavy atom. The normalized spacial score (nSPS) is 19.3. The lowest BCUT2D eigenvalue weighted by atomic mass is 10.0. The van der Waals surface area contributed by atoms with Gasteiger partial charge in [0.05, 0.1) is 24.4 Å². The zero-order valence-corrected chi connectivity index (χ0v) is 10.5. The second kappa shape index (κ2) is 5.18. The molecule has 1 N–H and O–H groups in total. The first-order valence-electron chi connectivity index (χ1n) is 5.34. The fourth-order valence-electron chi connectivity index (χ4n) is 1.74. The third kappa shape index (κ3) is 2.51. The number of hydrogen-bond acceptors (Lipinski definition) is 5. The molecule has 2 amide bonds. The average Bonchev–Trinajstić information content (AvgIpc) is 2.90. The molecule has 2 heterocycles. The van der Waals surface area contributed by atoms with Gasteiger partial charge in [-0.25, -0.2) is 5.01 Å². The van der Waals surface area contributed by atoms with Gasteiger partial charge in [-0.2, -0.15) is 0 Å². The van der Waals surface area contributed by atoms with Gasteiger partial charge < -0.3 is 4.74 Å². The molecule has 1 unspecified atom stereocenters. The Labute approximate surface area is 107 Å². The first-order valence-corrected chi connectivity index (χ1v) is 6.22. The number of rotatable bonds is 2. The summed E-state index contributed by atoms with van der Waals surface area (Å²) in [6.07, 6.45) is 0.0426. The molecule has 1 fully saturated rings. The van der Waals surface area contributed by atoms with Crippen molar-refractivity contribution in [3.63, 3.8) is 0 Å². The fourth-order valence-corrected chi connectivity index (χ4v) is 2.41. The van der Waals surface area contributed by atoms with E-state index in [0.29, 0.717) is 4.88 Å². The zero-order chi connectivity index (χ0) is 13.1. The molecular formula is C11H12N2O4S. The number of ether oxygens (including phenoxy) is 1. The Balaban J connectivity index is 2.11. The van der Waals surface area contributed by atoms with E-state index in [9.17, 15) is 14.4 Å². The van der Waals surface area contributed by atoms with Gasteiger partial charge in [-0.3, -0.25) is 19.8 Å². The first-order chi connectivity index (χ1) is 8.61. The molecule has 7 heteroatoms. The molecule has 0 spiro atoms. The molecule has 0 bridgehead atoms. The molecular weight excluding hydrogens is 256 g/mol. The van der Waals surface area contributed by atoms with Crippen molar-refractivity contribution in [3.8, 4) is 0 Å². The van der Waals surface area contributed by atoms with E-state index in [2.05, 4.69) is 10.2 Å². The van der Waals surface area contributed by atoms with E-state index >= 15 is 0 Å². The summed E-state index contributed by atoms with van der Waals surface area (Å²) in [6, 6.07) is 3.42. The summed E-state index contributed by atoms with van der Waals surface area (Å²) >= 11 is 1.28. The summed E-state index contributed by atoms with van der Waals surface area (Å²) in [5.41, 5.74) is 2.46. The molecule has 2 rings (SSSR count). The number of nitrogens with one attached hydrogen (secondary N) is 1. The van der Waals surface area contributed by atoms with Gasteiger partial charge >= 0.3 is 5.97 Å². The molecule has 1 atom stereocenters. The number of hydrogen-bond donors (Lipinski definition) is 1. The van der Waals surface area contributed by atoms with Crippen molar-refractivity contribution in [2.24, 2.45) is 5.92 Å². The van der Waals surface area contributed by atoms with E-state index in [1.54, 1.807) is 17.5 Å². The van der Waals surface area contributed by atoms with Crippen LogP contribution in [0.5, 0.6) is 0 Å². The maximum absolute atomic E-state index is 12.0. The van der Waals surface area contributed by atoms with E-state index in [1.807, 2.05) is 0 Å². The van der Waals surface area contributed by atoms with Crippen molar-refractivity contribution >= 4 is 29.1 Å². The molecule has 0 radical (unpaired) electrons. The summed E-state index contributed by atoms with van der Waals surface area (Å²) in [4.78, 5) is 35.4. The van der Waals surface area contributed by atoms with Crippen LogP contribution in [-0.2, 0) is 14.3 Å². The molecule has 1 aliphatic rings. The number of nitrogens with zero attached hydrogens (tertiary/aromatic N) is 1. The van der Waals surface area contributed by atoms with Crippen molar-refractivity contribution in [2.75, 3.05) is 13.7 Å². The minimum atomic E-state index is -0.604. The molecule has 0 aromatic carbocycles.